The number of nitrogens with zero attached hydrogens (tertiary/aromatic N) is 2. The van der Waals surface area contributed by atoms with Gasteiger partial charge >= 0.3 is 0 Å². The van der Waals surface area contributed by atoms with E-state index in [1.807, 2.05) is 13.8 Å². The highest BCUT2D eigenvalue weighted by Crippen LogP contribution is 2.24. The zero-order valence-corrected chi connectivity index (χ0v) is 13.6. The maximum atomic E-state index is 11.9. The van der Waals surface area contributed by atoms with Crippen LogP contribution in [-0.2, 0) is 4.79 Å². The van der Waals surface area contributed by atoms with E-state index in [-0.39, 0.29) is 11.9 Å². The number of likely N-dealkylation sites (N-methyl/N-ethyl adjacent to an activating group) is 1. The number of benzene rings is 1. The van der Waals surface area contributed by atoms with Crippen molar-refractivity contribution < 1.29 is 4.79 Å². The molecule has 0 bridgehead atoms. The summed E-state index contributed by atoms with van der Waals surface area (Å²) < 4.78 is 0. The van der Waals surface area contributed by atoms with Gasteiger partial charge in [-0.1, -0.05) is 12.1 Å². The Morgan fingerprint density at radius 1 is 1.24 bits per heavy atom. The Morgan fingerprint density at radius 2 is 1.90 bits per heavy atom. The smallest absolute Gasteiger partial charge is 0.237 e. The van der Waals surface area contributed by atoms with Crippen LogP contribution >= 0.6 is 0 Å². The molecule has 4 heteroatoms. The van der Waals surface area contributed by atoms with E-state index in [1.54, 1.807) is 0 Å². The molecule has 0 spiro atoms. The molecular weight excluding hydrogens is 262 g/mol. The molecule has 1 saturated heterocycles. The lowest BCUT2D eigenvalue weighted by atomic mass is 10.1. The summed E-state index contributed by atoms with van der Waals surface area (Å²) in [6.45, 7) is 12.8. The average Bonchev–Trinajstić information content (AvgIpc) is 2.50. The second-order valence-electron chi connectivity index (χ2n) is 5.81. The summed E-state index contributed by atoms with van der Waals surface area (Å²) in [5.41, 5.74) is 4.04. The predicted octanol–water partition coefficient (Wildman–Crippen LogP) is 1.95. The number of hydrogen-bond donors (Lipinski definition) is 1. The van der Waals surface area contributed by atoms with Crippen LogP contribution in [0.5, 0.6) is 0 Å². The molecule has 1 aliphatic rings. The van der Waals surface area contributed by atoms with E-state index in [4.69, 9.17) is 0 Å². The van der Waals surface area contributed by atoms with Gasteiger partial charge in [-0.25, -0.2) is 0 Å². The summed E-state index contributed by atoms with van der Waals surface area (Å²) in [6.07, 6.45) is 0. The van der Waals surface area contributed by atoms with Crippen molar-refractivity contribution in [3.05, 3.63) is 29.3 Å². The number of hydrogen-bond acceptors (Lipinski definition) is 3. The van der Waals surface area contributed by atoms with Gasteiger partial charge in [-0.05, 0) is 44.9 Å². The van der Waals surface area contributed by atoms with E-state index < -0.39 is 0 Å². The van der Waals surface area contributed by atoms with Gasteiger partial charge in [0.05, 0.1) is 6.04 Å². The minimum absolute atomic E-state index is 0.0364. The Hall–Kier alpha value is -1.55. The summed E-state index contributed by atoms with van der Waals surface area (Å²) in [7, 11) is 0. The molecule has 1 fully saturated rings. The molecule has 0 aromatic heterocycles. The van der Waals surface area contributed by atoms with Crippen LogP contribution in [0.1, 0.15) is 25.0 Å². The van der Waals surface area contributed by atoms with Crippen LogP contribution in [0.4, 0.5) is 5.69 Å². The third kappa shape index (κ3) is 3.56. The standard InChI is InChI=1S/C17H27N3O/c1-5-18-17(21)15(4)19-9-11-20(12-10-19)16-8-6-7-13(2)14(16)3/h6-8,15H,5,9-12H2,1-4H3,(H,18,21)/t15-/m1/s1. The number of amides is 1. The first-order chi connectivity index (χ1) is 10.0. The van der Waals surface area contributed by atoms with Gasteiger partial charge in [0.2, 0.25) is 5.91 Å². The Labute approximate surface area is 128 Å². The first-order valence-corrected chi connectivity index (χ1v) is 7.87. The quantitative estimate of drug-likeness (QED) is 0.920. The lowest BCUT2D eigenvalue weighted by molar-refractivity contribution is -0.125. The summed E-state index contributed by atoms with van der Waals surface area (Å²) >= 11 is 0. The van der Waals surface area contributed by atoms with Crippen molar-refractivity contribution in [3.8, 4) is 0 Å². The first kappa shape index (κ1) is 15.8. The highest BCUT2D eigenvalue weighted by molar-refractivity contribution is 5.81. The molecule has 1 amide bonds. The van der Waals surface area contributed by atoms with Crippen molar-refractivity contribution in [1.29, 1.82) is 0 Å². The summed E-state index contributed by atoms with van der Waals surface area (Å²) in [6, 6.07) is 6.45. The Bertz CT molecular complexity index is 493. The van der Waals surface area contributed by atoms with Crippen molar-refractivity contribution in [2.24, 2.45) is 0 Å². The number of rotatable bonds is 4. The Kier molecular flexibility index (Phi) is 5.23. The maximum Gasteiger partial charge on any atom is 0.237 e. The van der Waals surface area contributed by atoms with E-state index in [9.17, 15) is 4.79 Å². The molecule has 21 heavy (non-hydrogen) atoms. The van der Waals surface area contributed by atoms with Crippen molar-refractivity contribution in [3.63, 3.8) is 0 Å². The normalized spacial score (nSPS) is 17.6. The fourth-order valence-corrected chi connectivity index (χ4v) is 2.92. The Morgan fingerprint density at radius 3 is 2.52 bits per heavy atom. The van der Waals surface area contributed by atoms with Gasteiger partial charge in [0.1, 0.15) is 0 Å². The summed E-state index contributed by atoms with van der Waals surface area (Å²) in [5, 5.41) is 2.91. The lowest BCUT2D eigenvalue weighted by Crippen LogP contribution is -2.54. The van der Waals surface area contributed by atoms with E-state index in [1.165, 1.54) is 16.8 Å². The minimum atomic E-state index is -0.0364. The predicted molar refractivity (Wildman–Crippen MR) is 87.8 cm³/mol. The number of carbonyl (C=O) groups excluding carboxylic acids is 1. The van der Waals surface area contributed by atoms with Crippen molar-refractivity contribution in [1.82, 2.24) is 10.2 Å². The highest BCUT2D eigenvalue weighted by Gasteiger charge is 2.25. The lowest BCUT2D eigenvalue weighted by Gasteiger charge is -2.39. The van der Waals surface area contributed by atoms with Crippen LogP contribution in [0, 0.1) is 13.8 Å². The van der Waals surface area contributed by atoms with Crippen molar-refractivity contribution in [2.45, 2.75) is 33.7 Å². The van der Waals surface area contributed by atoms with Crippen molar-refractivity contribution >= 4 is 11.6 Å². The molecule has 1 atom stereocenters. The molecule has 4 nitrogen and oxygen atoms in total. The third-order valence-electron chi connectivity index (χ3n) is 4.51. The number of anilines is 1. The molecule has 116 valence electrons. The molecule has 0 aliphatic carbocycles. The van der Waals surface area contributed by atoms with E-state index in [2.05, 4.69) is 47.2 Å². The molecule has 1 N–H and O–H groups in total. The van der Waals surface area contributed by atoms with E-state index >= 15 is 0 Å². The average molecular weight is 289 g/mol. The molecule has 2 rings (SSSR count). The van der Waals surface area contributed by atoms with Gasteiger partial charge in [0, 0.05) is 38.4 Å². The molecule has 1 aliphatic heterocycles. The van der Waals surface area contributed by atoms with Gasteiger partial charge < -0.3 is 10.2 Å². The van der Waals surface area contributed by atoms with Gasteiger partial charge in [0.25, 0.3) is 0 Å². The molecule has 1 heterocycles. The van der Waals surface area contributed by atoms with Crippen LogP contribution in [-0.4, -0.2) is 49.6 Å². The van der Waals surface area contributed by atoms with Crippen LogP contribution in [0.25, 0.3) is 0 Å². The monoisotopic (exact) mass is 289 g/mol. The summed E-state index contributed by atoms with van der Waals surface area (Å²) in [4.78, 5) is 16.6. The number of aryl methyl sites for hydroxylation is 1. The van der Waals surface area contributed by atoms with Crippen LogP contribution < -0.4 is 10.2 Å². The fraction of sp³-hybridized carbons (Fsp3) is 0.588. The Balaban J connectivity index is 1.97. The zero-order valence-electron chi connectivity index (χ0n) is 13.6. The third-order valence-corrected chi connectivity index (χ3v) is 4.51. The van der Waals surface area contributed by atoms with Gasteiger partial charge in [-0.15, -0.1) is 0 Å². The number of piperazine rings is 1. The molecule has 1 aromatic rings. The molecule has 0 radical (unpaired) electrons. The number of carbonyl (C=O) groups is 1. The van der Waals surface area contributed by atoms with Gasteiger partial charge in [-0.3, -0.25) is 9.69 Å². The largest absolute Gasteiger partial charge is 0.369 e. The van der Waals surface area contributed by atoms with Gasteiger partial charge in [-0.2, -0.15) is 0 Å². The van der Waals surface area contributed by atoms with Crippen LogP contribution in [0.3, 0.4) is 0 Å². The number of nitrogens with one attached hydrogen (secondary N) is 1. The van der Waals surface area contributed by atoms with Crippen molar-refractivity contribution in [2.75, 3.05) is 37.6 Å². The molecular formula is C17H27N3O. The first-order valence-electron chi connectivity index (χ1n) is 7.87. The fourth-order valence-electron chi connectivity index (χ4n) is 2.92. The van der Waals surface area contributed by atoms with E-state index in [0.717, 1.165) is 26.2 Å². The second kappa shape index (κ2) is 6.94. The highest BCUT2D eigenvalue weighted by atomic mass is 16.2. The second-order valence-corrected chi connectivity index (χ2v) is 5.81. The summed E-state index contributed by atoms with van der Waals surface area (Å²) in [5.74, 6) is 0.137. The van der Waals surface area contributed by atoms with Crippen LogP contribution in [0.15, 0.2) is 18.2 Å². The molecule has 0 saturated carbocycles. The maximum absolute atomic E-state index is 11.9. The SMILES string of the molecule is CCNC(=O)[C@@H](C)N1CCN(c2cccc(C)c2C)CC1. The van der Waals surface area contributed by atoms with E-state index in [0.29, 0.717) is 6.54 Å². The van der Waals surface area contributed by atoms with Gasteiger partial charge in [0.15, 0.2) is 0 Å². The molecule has 1 aromatic carbocycles. The minimum Gasteiger partial charge on any atom is -0.369 e. The topological polar surface area (TPSA) is 35.6 Å². The molecule has 0 unspecified atom stereocenters. The van der Waals surface area contributed by atoms with Crippen LogP contribution in [0.2, 0.25) is 0 Å². The zero-order chi connectivity index (χ0) is 15.4.